The molecule has 0 unspecified atom stereocenters. The second kappa shape index (κ2) is 3.19. The fraction of sp³-hybridized carbons (Fsp3) is 0.0714. The molecule has 5 heteroatoms. The molecule has 5 rings (SSSR count). The lowest BCUT2D eigenvalue weighted by atomic mass is 10.2. The van der Waals surface area contributed by atoms with Gasteiger partial charge in [-0.15, -0.1) is 0 Å². The summed E-state index contributed by atoms with van der Waals surface area (Å²) < 4.78 is 8.17. The molecular weight excluding hydrogens is 258 g/mol. The molecule has 1 aliphatic rings. The fourth-order valence-corrected chi connectivity index (χ4v) is 3.93. The van der Waals surface area contributed by atoms with Gasteiger partial charge in [0.05, 0.1) is 17.1 Å². The van der Waals surface area contributed by atoms with Gasteiger partial charge in [0.2, 0.25) is 0 Å². The van der Waals surface area contributed by atoms with Gasteiger partial charge in [-0.05, 0) is 29.5 Å². The van der Waals surface area contributed by atoms with Gasteiger partial charge >= 0.3 is 0 Å². The number of furan rings is 1. The number of rotatable bonds is 0. The number of fused-ring (bicyclic) bond motifs is 7. The third kappa shape index (κ3) is 1.11. The van der Waals surface area contributed by atoms with E-state index < -0.39 is 0 Å². The molecule has 4 aromatic rings. The van der Waals surface area contributed by atoms with Crippen LogP contribution in [0.5, 0.6) is 0 Å². The smallest absolute Gasteiger partial charge is 0.275 e. The summed E-state index contributed by atoms with van der Waals surface area (Å²) in [6, 6.07) is 6.12. The first-order valence-corrected chi connectivity index (χ1v) is 6.86. The molecule has 0 spiro atoms. The molecule has 0 aliphatic carbocycles. The summed E-state index contributed by atoms with van der Waals surface area (Å²) in [6.45, 7) is 0.822. The number of aromatic nitrogens is 3. The zero-order chi connectivity index (χ0) is 12.4. The minimum Gasteiger partial charge on any atom is -0.437 e. The molecule has 0 atom stereocenters. The van der Waals surface area contributed by atoms with Gasteiger partial charge in [0.1, 0.15) is 5.69 Å². The van der Waals surface area contributed by atoms with Gasteiger partial charge in [0.15, 0.2) is 12.1 Å². The number of thiazole rings is 1. The highest BCUT2D eigenvalue weighted by molar-refractivity contribution is 7.20. The maximum absolute atomic E-state index is 5.88. The van der Waals surface area contributed by atoms with Crippen LogP contribution in [0, 0.1) is 0 Å². The molecule has 4 nitrogen and oxygen atoms in total. The van der Waals surface area contributed by atoms with E-state index in [1.54, 1.807) is 17.5 Å². The van der Waals surface area contributed by atoms with Crippen molar-refractivity contribution in [3.63, 3.8) is 0 Å². The van der Waals surface area contributed by atoms with Gasteiger partial charge in [-0.2, -0.15) is 4.57 Å². The summed E-state index contributed by atoms with van der Waals surface area (Å²) in [7, 11) is 0. The van der Waals surface area contributed by atoms with Crippen molar-refractivity contribution in [2.45, 2.75) is 6.54 Å². The van der Waals surface area contributed by atoms with Crippen LogP contribution in [-0.4, -0.2) is 9.97 Å². The molecule has 1 aliphatic heterocycles. The van der Waals surface area contributed by atoms with E-state index in [0.717, 1.165) is 33.6 Å². The monoisotopic (exact) mass is 266 g/mol. The van der Waals surface area contributed by atoms with Gasteiger partial charge in [-0.1, -0.05) is 0 Å². The van der Waals surface area contributed by atoms with E-state index in [4.69, 9.17) is 4.42 Å². The third-order valence-corrected chi connectivity index (χ3v) is 4.66. The van der Waals surface area contributed by atoms with Gasteiger partial charge in [0.25, 0.3) is 15.4 Å². The van der Waals surface area contributed by atoms with Crippen LogP contribution in [-0.2, 0) is 6.54 Å². The predicted molar refractivity (Wildman–Crippen MR) is 71.9 cm³/mol. The van der Waals surface area contributed by atoms with E-state index in [2.05, 4.69) is 20.6 Å². The molecule has 5 heterocycles. The molecule has 0 amide bonds. The Morgan fingerprint density at radius 1 is 1.26 bits per heavy atom. The highest BCUT2D eigenvalue weighted by Crippen LogP contribution is 2.38. The Bertz CT molecular complexity index is 954. The fourth-order valence-electron chi connectivity index (χ4n) is 2.74. The molecule has 0 saturated heterocycles. The zero-order valence-corrected chi connectivity index (χ0v) is 10.6. The highest BCUT2D eigenvalue weighted by Gasteiger charge is 2.35. The third-order valence-electron chi connectivity index (χ3n) is 3.57. The molecule has 0 fully saturated rings. The number of hydrogen-bond donors (Lipinski definition) is 0. The molecule has 0 bridgehead atoms. The molecule has 0 aromatic carbocycles. The maximum Gasteiger partial charge on any atom is 0.275 e. The van der Waals surface area contributed by atoms with Crippen molar-refractivity contribution in [3.05, 3.63) is 42.5 Å². The van der Waals surface area contributed by atoms with Crippen LogP contribution in [0.1, 0.15) is 5.69 Å². The first-order valence-electron chi connectivity index (χ1n) is 6.05. The largest absolute Gasteiger partial charge is 0.437 e. The zero-order valence-electron chi connectivity index (χ0n) is 9.83. The van der Waals surface area contributed by atoms with E-state index in [9.17, 15) is 0 Å². The SMILES string of the molecule is c1cnc2c(c1)-c1sc3oc4cnccc4c3[n+]1C2. The normalized spacial score (nSPS) is 13.1. The van der Waals surface area contributed by atoms with Crippen LogP contribution in [0.4, 0.5) is 0 Å². The summed E-state index contributed by atoms with van der Waals surface area (Å²) in [5, 5.41) is 2.36. The average Bonchev–Trinajstić information content (AvgIpc) is 3.05. The van der Waals surface area contributed by atoms with Gasteiger partial charge in [-0.25, -0.2) is 0 Å². The van der Waals surface area contributed by atoms with Crippen LogP contribution < -0.4 is 4.57 Å². The molecule has 0 saturated carbocycles. The van der Waals surface area contributed by atoms with E-state index in [-0.39, 0.29) is 0 Å². The van der Waals surface area contributed by atoms with Crippen molar-refractivity contribution in [1.29, 1.82) is 0 Å². The van der Waals surface area contributed by atoms with Crippen LogP contribution in [0.25, 0.3) is 32.0 Å². The lowest BCUT2D eigenvalue weighted by molar-refractivity contribution is -0.641. The number of nitrogens with zero attached hydrogens (tertiary/aromatic N) is 3. The predicted octanol–water partition coefficient (Wildman–Crippen LogP) is 2.75. The second-order valence-corrected chi connectivity index (χ2v) is 5.56. The molecule has 0 N–H and O–H groups in total. The van der Waals surface area contributed by atoms with E-state index in [0.29, 0.717) is 0 Å². The summed E-state index contributed by atoms with van der Waals surface area (Å²) in [6.07, 6.45) is 5.43. The molecular formula is C14H8N3OS+. The van der Waals surface area contributed by atoms with Crippen LogP contribution in [0.15, 0.2) is 41.2 Å². The molecule has 19 heavy (non-hydrogen) atoms. The van der Waals surface area contributed by atoms with Crippen molar-refractivity contribution in [2.24, 2.45) is 0 Å². The number of pyridine rings is 2. The summed E-state index contributed by atoms with van der Waals surface area (Å²) in [5.41, 5.74) is 4.37. The second-order valence-electron chi connectivity index (χ2n) is 4.60. The summed E-state index contributed by atoms with van der Waals surface area (Å²) in [5.74, 6) is 0. The Morgan fingerprint density at radius 3 is 3.26 bits per heavy atom. The van der Waals surface area contributed by atoms with Crippen LogP contribution in [0.2, 0.25) is 0 Å². The lowest BCUT2D eigenvalue weighted by Gasteiger charge is -1.88. The lowest BCUT2D eigenvalue weighted by Crippen LogP contribution is -2.30. The topological polar surface area (TPSA) is 42.8 Å². The van der Waals surface area contributed by atoms with E-state index in [1.807, 2.05) is 24.5 Å². The Balaban J connectivity index is 1.94. The van der Waals surface area contributed by atoms with E-state index in [1.165, 1.54) is 10.6 Å². The van der Waals surface area contributed by atoms with Crippen LogP contribution >= 0.6 is 11.3 Å². The van der Waals surface area contributed by atoms with Gasteiger partial charge in [0, 0.05) is 12.4 Å². The van der Waals surface area contributed by atoms with E-state index >= 15 is 0 Å². The summed E-state index contributed by atoms with van der Waals surface area (Å²) >= 11 is 1.68. The molecule has 4 aromatic heterocycles. The molecule has 90 valence electrons. The van der Waals surface area contributed by atoms with Gasteiger partial charge < -0.3 is 4.42 Å². The van der Waals surface area contributed by atoms with Crippen molar-refractivity contribution in [1.82, 2.24) is 9.97 Å². The van der Waals surface area contributed by atoms with Crippen LogP contribution in [0.3, 0.4) is 0 Å². The van der Waals surface area contributed by atoms with Crippen molar-refractivity contribution < 1.29 is 8.98 Å². The standard InChI is InChI=1S/C14H8N3OS/c1-2-8-10(16-4-1)7-17-12-9-3-5-15-6-11(9)18-14(12)19-13(8)17/h1-6H,7H2/q+1. The first kappa shape index (κ1) is 9.63. The number of hydrogen-bond acceptors (Lipinski definition) is 4. The Hall–Kier alpha value is -2.27. The minimum atomic E-state index is 0.822. The van der Waals surface area contributed by atoms with Crippen molar-refractivity contribution >= 4 is 32.7 Å². The summed E-state index contributed by atoms with van der Waals surface area (Å²) in [4.78, 5) is 9.54. The Kier molecular flexibility index (Phi) is 1.62. The Labute approximate surface area is 112 Å². The first-order chi connectivity index (χ1) is 9.42. The quantitative estimate of drug-likeness (QED) is 0.405. The van der Waals surface area contributed by atoms with Crippen molar-refractivity contribution in [3.8, 4) is 10.6 Å². The Morgan fingerprint density at radius 2 is 2.26 bits per heavy atom. The average molecular weight is 266 g/mol. The van der Waals surface area contributed by atoms with Crippen molar-refractivity contribution in [2.75, 3.05) is 0 Å². The van der Waals surface area contributed by atoms with Gasteiger partial charge in [-0.3, -0.25) is 9.97 Å². The molecule has 0 radical (unpaired) electrons. The minimum absolute atomic E-state index is 0.822. The maximum atomic E-state index is 5.88. The highest BCUT2D eigenvalue weighted by atomic mass is 32.1.